The number of hydrogen-bond acceptors (Lipinski definition) is 2. The Morgan fingerprint density at radius 2 is 2.46 bits per heavy atom. The maximum Gasteiger partial charge on any atom is 0.235 e. The molecule has 0 bridgehead atoms. The van der Waals surface area contributed by atoms with Gasteiger partial charge in [0.05, 0.1) is 18.8 Å². The molecule has 0 aromatic rings. The Bertz CT molecular complexity index is 245. The van der Waals surface area contributed by atoms with E-state index >= 15 is 0 Å². The fourth-order valence-electron chi connectivity index (χ4n) is 1.41. The second-order valence-corrected chi connectivity index (χ2v) is 3.15. The van der Waals surface area contributed by atoms with Gasteiger partial charge in [0.15, 0.2) is 0 Å². The Balaban J connectivity index is 1.86. The van der Waals surface area contributed by atoms with E-state index in [0.29, 0.717) is 0 Å². The number of rotatable bonds is 2. The van der Waals surface area contributed by atoms with Crippen molar-refractivity contribution in [3.05, 3.63) is 36.1 Å². The van der Waals surface area contributed by atoms with Crippen molar-refractivity contribution < 1.29 is 9.47 Å². The van der Waals surface area contributed by atoms with Gasteiger partial charge in [-0.1, -0.05) is 0 Å². The van der Waals surface area contributed by atoms with Gasteiger partial charge in [-0.15, -0.1) is 0 Å². The molecule has 0 radical (unpaired) electrons. The zero-order valence-electron chi connectivity index (χ0n) is 7.53. The molecule has 1 heterocycles. The van der Waals surface area contributed by atoms with Gasteiger partial charge in [-0.25, -0.2) is 0 Å². The molecule has 2 nitrogen and oxygen atoms in total. The SMILES string of the molecule is [C+]1=CC=C(OC2CCCCO2)C=C1. The van der Waals surface area contributed by atoms with E-state index in [9.17, 15) is 0 Å². The molecule has 13 heavy (non-hydrogen) atoms. The molecule has 0 saturated carbocycles. The van der Waals surface area contributed by atoms with Gasteiger partial charge >= 0.3 is 0 Å². The van der Waals surface area contributed by atoms with Crippen molar-refractivity contribution in [1.82, 2.24) is 0 Å². The zero-order valence-corrected chi connectivity index (χ0v) is 7.53. The van der Waals surface area contributed by atoms with Gasteiger partial charge < -0.3 is 9.47 Å². The van der Waals surface area contributed by atoms with E-state index in [1.54, 1.807) is 0 Å². The zero-order chi connectivity index (χ0) is 8.93. The lowest BCUT2D eigenvalue weighted by molar-refractivity contribution is -0.135. The van der Waals surface area contributed by atoms with Crippen molar-refractivity contribution >= 4 is 0 Å². The monoisotopic (exact) mass is 177 g/mol. The highest BCUT2D eigenvalue weighted by Crippen LogP contribution is 2.18. The maximum absolute atomic E-state index is 5.61. The quantitative estimate of drug-likeness (QED) is 0.603. The average molecular weight is 177 g/mol. The van der Waals surface area contributed by atoms with Crippen molar-refractivity contribution in [2.24, 2.45) is 0 Å². The maximum atomic E-state index is 5.61. The van der Waals surface area contributed by atoms with Crippen molar-refractivity contribution in [2.45, 2.75) is 25.6 Å². The van der Waals surface area contributed by atoms with Crippen LogP contribution in [0.1, 0.15) is 19.3 Å². The summed E-state index contributed by atoms with van der Waals surface area (Å²) in [4.78, 5) is 0. The molecule has 0 aromatic carbocycles. The van der Waals surface area contributed by atoms with Crippen molar-refractivity contribution in [3.63, 3.8) is 0 Å². The third-order valence-electron chi connectivity index (χ3n) is 2.09. The van der Waals surface area contributed by atoms with Gasteiger partial charge in [0.25, 0.3) is 0 Å². The predicted molar refractivity (Wildman–Crippen MR) is 49.7 cm³/mol. The minimum atomic E-state index is -0.0452. The molecular weight excluding hydrogens is 164 g/mol. The normalized spacial score (nSPS) is 26.5. The third kappa shape index (κ3) is 2.41. The molecule has 0 aromatic heterocycles. The van der Waals surface area contributed by atoms with Crippen molar-refractivity contribution in [1.29, 1.82) is 0 Å². The number of ether oxygens (including phenoxy) is 2. The Hall–Kier alpha value is -1.11. The second-order valence-electron chi connectivity index (χ2n) is 3.15. The van der Waals surface area contributed by atoms with Crippen LogP contribution in [-0.2, 0) is 9.47 Å². The molecule has 2 aliphatic rings. The minimum absolute atomic E-state index is 0.0452. The lowest BCUT2D eigenvalue weighted by Crippen LogP contribution is -2.21. The van der Waals surface area contributed by atoms with Crippen LogP contribution in [0.4, 0.5) is 0 Å². The highest BCUT2D eigenvalue weighted by atomic mass is 16.7. The first kappa shape index (κ1) is 8.49. The first-order valence-corrected chi connectivity index (χ1v) is 4.69. The van der Waals surface area contributed by atoms with E-state index in [4.69, 9.17) is 9.47 Å². The van der Waals surface area contributed by atoms with Crippen LogP contribution in [0.5, 0.6) is 0 Å². The highest BCUT2D eigenvalue weighted by molar-refractivity contribution is 5.25. The second kappa shape index (κ2) is 4.22. The van der Waals surface area contributed by atoms with Crippen LogP contribution in [0.15, 0.2) is 30.1 Å². The number of hydrogen-bond donors (Lipinski definition) is 0. The summed E-state index contributed by atoms with van der Waals surface area (Å²) in [6.07, 6.45) is 13.7. The Labute approximate surface area is 78.5 Å². The van der Waals surface area contributed by atoms with E-state index in [1.165, 1.54) is 6.42 Å². The molecule has 1 aliphatic heterocycles. The first-order chi connectivity index (χ1) is 6.45. The molecule has 1 fully saturated rings. The molecule has 0 N–H and O–H groups in total. The van der Waals surface area contributed by atoms with Gasteiger partial charge in [0, 0.05) is 12.5 Å². The molecular formula is C11H13O2+. The molecule has 2 rings (SSSR count). The molecule has 0 amide bonds. The number of allylic oxidation sites excluding steroid dienone is 5. The van der Waals surface area contributed by atoms with Crippen LogP contribution < -0.4 is 0 Å². The summed E-state index contributed by atoms with van der Waals surface area (Å²) >= 11 is 0. The topological polar surface area (TPSA) is 18.5 Å². The van der Waals surface area contributed by atoms with Crippen molar-refractivity contribution in [3.8, 4) is 0 Å². The molecule has 1 aliphatic carbocycles. The summed E-state index contributed by atoms with van der Waals surface area (Å²) in [6.45, 7) is 0.823. The Kier molecular flexibility index (Phi) is 2.75. The first-order valence-electron chi connectivity index (χ1n) is 4.69. The summed E-state index contributed by atoms with van der Waals surface area (Å²) in [6, 6.07) is 0. The van der Waals surface area contributed by atoms with Gasteiger partial charge in [0.2, 0.25) is 12.0 Å². The van der Waals surface area contributed by atoms with Crippen LogP contribution in [0.25, 0.3) is 0 Å². The highest BCUT2D eigenvalue weighted by Gasteiger charge is 2.17. The van der Waals surface area contributed by atoms with Crippen LogP contribution in [-0.4, -0.2) is 12.9 Å². The van der Waals surface area contributed by atoms with E-state index in [-0.39, 0.29) is 6.29 Å². The Morgan fingerprint density at radius 1 is 1.46 bits per heavy atom. The summed E-state index contributed by atoms with van der Waals surface area (Å²) < 4.78 is 11.1. The van der Waals surface area contributed by atoms with Crippen molar-refractivity contribution in [2.75, 3.05) is 6.61 Å². The third-order valence-corrected chi connectivity index (χ3v) is 2.09. The summed E-state index contributed by atoms with van der Waals surface area (Å²) in [5.41, 5.74) is 0. The van der Waals surface area contributed by atoms with Crippen LogP contribution in [0, 0.1) is 6.08 Å². The van der Waals surface area contributed by atoms with E-state index < -0.39 is 0 Å². The Morgan fingerprint density at radius 3 is 3.15 bits per heavy atom. The lowest BCUT2D eigenvalue weighted by atomic mass is 10.2. The van der Waals surface area contributed by atoms with Gasteiger partial charge in [0.1, 0.15) is 12.2 Å². The molecule has 68 valence electrons. The molecule has 2 heteroatoms. The van der Waals surface area contributed by atoms with Crippen LogP contribution in [0.3, 0.4) is 0 Å². The predicted octanol–water partition coefficient (Wildman–Crippen LogP) is 2.34. The molecule has 0 spiro atoms. The van der Waals surface area contributed by atoms with Gasteiger partial charge in [-0.2, -0.15) is 0 Å². The standard InChI is InChI=1S/C11H13O2/c1-2-6-10(7-3-1)13-11-8-4-5-9-12-11/h2-3,6-7,11H,4-5,8-9H2/q+1. The fraction of sp³-hybridized carbons (Fsp3) is 0.455. The average Bonchev–Trinajstić information content (AvgIpc) is 2.21. The van der Waals surface area contributed by atoms with Gasteiger partial charge in [-0.3, -0.25) is 0 Å². The fourth-order valence-corrected chi connectivity index (χ4v) is 1.41. The molecule has 1 saturated heterocycles. The molecule has 1 unspecified atom stereocenters. The van der Waals surface area contributed by atoms with Crippen LogP contribution in [0.2, 0.25) is 0 Å². The van der Waals surface area contributed by atoms with E-state index in [2.05, 4.69) is 6.08 Å². The van der Waals surface area contributed by atoms with E-state index in [0.717, 1.165) is 25.2 Å². The smallest absolute Gasteiger partial charge is 0.235 e. The van der Waals surface area contributed by atoms with Crippen LogP contribution >= 0.6 is 0 Å². The largest absolute Gasteiger partial charge is 0.442 e. The van der Waals surface area contributed by atoms with E-state index in [1.807, 2.05) is 24.3 Å². The lowest BCUT2D eigenvalue weighted by Gasteiger charge is -2.22. The summed E-state index contributed by atoms with van der Waals surface area (Å²) in [5, 5.41) is 0. The molecule has 1 atom stereocenters. The summed E-state index contributed by atoms with van der Waals surface area (Å²) in [7, 11) is 0. The minimum Gasteiger partial charge on any atom is -0.442 e. The van der Waals surface area contributed by atoms with Gasteiger partial charge in [-0.05, 0) is 12.8 Å². The summed E-state index contributed by atoms with van der Waals surface area (Å²) in [5.74, 6) is 0.866.